The third-order valence-corrected chi connectivity index (χ3v) is 3.44. The van der Waals surface area contributed by atoms with Crippen molar-refractivity contribution in [2.24, 2.45) is 0 Å². The van der Waals surface area contributed by atoms with Gasteiger partial charge in [-0.3, -0.25) is 0 Å². The molecule has 2 aromatic rings. The molecule has 0 bridgehead atoms. The molecule has 1 nitrogen and oxygen atoms in total. The average molecular weight is 326 g/mol. The summed E-state index contributed by atoms with van der Waals surface area (Å²) in [6.45, 7) is 3.17. The fourth-order valence-electron chi connectivity index (χ4n) is 1.89. The van der Waals surface area contributed by atoms with Gasteiger partial charge in [0, 0.05) is 28.8 Å². The predicted molar refractivity (Wildman–Crippen MR) is 77.2 cm³/mol. The van der Waals surface area contributed by atoms with Crippen molar-refractivity contribution < 1.29 is 8.78 Å². The molecule has 0 heterocycles. The Morgan fingerprint density at radius 3 is 2.32 bits per heavy atom. The van der Waals surface area contributed by atoms with Gasteiger partial charge in [0.25, 0.3) is 0 Å². The first-order chi connectivity index (χ1) is 9.10. The van der Waals surface area contributed by atoms with E-state index in [0.717, 1.165) is 16.7 Å². The van der Waals surface area contributed by atoms with Gasteiger partial charge >= 0.3 is 0 Å². The molecule has 19 heavy (non-hydrogen) atoms. The van der Waals surface area contributed by atoms with E-state index in [4.69, 9.17) is 0 Å². The van der Waals surface area contributed by atoms with Gasteiger partial charge in [0.1, 0.15) is 11.6 Å². The lowest BCUT2D eigenvalue weighted by Crippen LogP contribution is -2.22. The van der Waals surface area contributed by atoms with E-state index < -0.39 is 0 Å². The SMILES string of the molecule is CCN(Cc1ccc(Br)cc1F)c1ccc(F)cc1. The van der Waals surface area contributed by atoms with Crippen LogP contribution in [0.3, 0.4) is 0 Å². The first-order valence-electron chi connectivity index (χ1n) is 6.04. The van der Waals surface area contributed by atoms with E-state index in [9.17, 15) is 8.78 Å². The van der Waals surface area contributed by atoms with Crippen LogP contribution in [0.1, 0.15) is 12.5 Å². The Morgan fingerprint density at radius 2 is 1.74 bits per heavy atom. The average Bonchev–Trinajstić information content (AvgIpc) is 2.39. The van der Waals surface area contributed by atoms with E-state index in [-0.39, 0.29) is 11.6 Å². The Labute approximate surface area is 120 Å². The number of hydrogen-bond donors (Lipinski definition) is 0. The summed E-state index contributed by atoms with van der Waals surface area (Å²) in [5.41, 5.74) is 1.50. The number of anilines is 1. The summed E-state index contributed by atoms with van der Waals surface area (Å²) in [6.07, 6.45) is 0. The van der Waals surface area contributed by atoms with Crippen LogP contribution in [-0.2, 0) is 6.54 Å². The van der Waals surface area contributed by atoms with Gasteiger partial charge in [0.05, 0.1) is 0 Å². The fourth-order valence-corrected chi connectivity index (χ4v) is 2.23. The van der Waals surface area contributed by atoms with E-state index in [0.29, 0.717) is 12.1 Å². The maximum Gasteiger partial charge on any atom is 0.129 e. The second-order valence-electron chi connectivity index (χ2n) is 4.23. The fraction of sp³-hybridized carbons (Fsp3) is 0.200. The van der Waals surface area contributed by atoms with Gasteiger partial charge < -0.3 is 4.90 Å². The van der Waals surface area contributed by atoms with E-state index in [2.05, 4.69) is 15.9 Å². The van der Waals surface area contributed by atoms with Crippen molar-refractivity contribution in [2.45, 2.75) is 13.5 Å². The van der Waals surface area contributed by atoms with Crippen molar-refractivity contribution >= 4 is 21.6 Å². The molecule has 0 aliphatic rings. The molecule has 0 atom stereocenters. The van der Waals surface area contributed by atoms with Crippen LogP contribution in [0.5, 0.6) is 0 Å². The number of benzene rings is 2. The lowest BCUT2D eigenvalue weighted by Gasteiger charge is -2.23. The van der Waals surface area contributed by atoms with Crippen LogP contribution in [0.2, 0.25) is 0 Å². The van der Waals surface area contributed by atoms with Gasteiger partial charge in [0.2, 0.25) is 0 Å². The smallest absolute Gasteiger partial charge is 0.129 e. The molecule has 0 saturated carbocycles. The molecule has 0 amide bonds. The Kier molecular flexibility index (Phi) is 4.53. The minimum Gasteiger partial charge on any atom is -0.367 e. The summed E-state index contributed by atoms with van der Waals surface area (Å²) in [5, 5.41) is 0. The van der Waals surface area contributed by atoms with E-state index >= 15 is 0 Å². The molecular weight excluding hydrogens is 312 g/mol. The zero-order valence-corrected chi connectivity index (χ0v) is 12.1. The Bertz CT molecular complexity index is 555. The number of halogens is 3. The molecule has 0 unspecified atom stereocenters. The third-order valence-electron chi connectivity index (χ3n) is 2.95. The van der Waals surface area contributed by atoms with Crippen LogP contribution in [0.15, 0.2) is 46.9 Å². The molecule has 0 spiro atoms. The number of hydrogen-bond acceptors (Lipinski definition) is 1. The standard InChI is InChI=1S/C15H14BrF2N/c1-2-19(14-7-5-13(17)6-8-14)10-11-3-4-12(16)9-15(11)18/h3-9H,2,10H2,1H3. The molecule has 0 N–H and O–H groups in total. The minimum absolute atomic E-state index is 0.241. The van der Waals surface area contributed by atoms with Crippen molar-refractivity contribution in [1.29, 1.82) is 0 Å². The van der Waals surface area contributed by atoms with Gasteiger partial charge in [-0.25, -0.2) is 8.78 Å². The Hall–Kier alpha value is -1.42. The zero-order chi connectivity index (χ0) is 13.8. The lowest BCUT2D eigenvalue weighted by molar-refractivity contribution is 0.604. The maximum absolute atomic E-state index is 13.8. The molecule has 100 valence electrons. The van der Waals surface area contributed by atoms with Crippen LogP contribution in [-0.4, -0.2) is 6.54 Å². The highest BCUT2D eigenvalue weighted by atomic mass is 79.9. The van der Waals surface area contributed by atoms with Crippen molar-refractivity contribution in [1.82, 2.24) is 0 Å². The summed E-state index contributed by atoms with van der Waals surface area (Å²) in [6, 6.07) is 11.3. The van der Waals surface area contributed by atoms with Crippen molar-refractivity contribution in [3.63, 3.8) is 0 Å². The van der Waals surface area contributed by atoms with Crippen molar-refractivity contribution in [3.05, 3.63) is 64.1 Å². The lowest BCUT2D eigenvalue weighted by atomic mass is 10.2. The molecule has 0 aromatic heterocycles. The highest BCUT2D eigenvalue weighted by Crippen LogP contribution is 2.21. The minimum atomic E-state index is -0.269. The van der Waals surface area contributed by atoms with Crippen molar-refractivity contribution in [2.75, 3.05) is 11.4 Å². The van der Waals surface area contributed by atoms with Gasteiger partial charge in [0.15, 0.2) is 0 Å². The second kappa shape index (κ2) is 6.15. The molecule has 2 rings (SSSR count). The number of nitrogens with zero attached hydrogens (tertiary/aromatic N) is 1. The molecule has 0 aliphatic heterocycles. The second-order valence-corrected chi connectivity index (χ2v) is 5.14. The predicted octanol–water partition coefficient (Wildman–Crippen LogP) is 4.75. The highest BCUT2D eigenvalue weighted by Gasteiger charge is 2.09. The quantitative estimate of drug-likeness (QED) is 0.783. The van der Waals surface area contributed by atoms with Gasteiger partial charge in [-0.2, -0.15) is 0 Å². The van der Waals surface area contributed by atoms with Crippen LogP contribution in [0, 0.1) is 11.6 Å². The Morgan fingerprint density at radius 1 is 1.05 bits per heavy atom. The van der Waals surface area contributed by atoms with E-state index in [1.165, 1.54) is 18.2 Å². The third kappa shape index (κ3) is 3.53. The summed E-state index contributed by atoms with van der Waals surface area (Å²) in [4.78, 5) is 1.99. The monoisotopic (exact) mass is 325 g/mol. The van der Waals surface area contributed by atoms with Crippen LogP contribution >= 0.6 is 15.9 Å². The molecule has 0 aliphatic carbocycles. The van der Waals surface area contributed by atoms with Crippen molar-refractivity contribution in [3.8, 4) is 0 Å². The van der Waals surface area contributed by atoms with Gasteiger partial charge in [-0.05, 0) is 43.3 Å². The molecular formula is C15H14BrF2N. The van der Waals surface area contributed by atoms with Gasteiger partial charge in [-0.1, -0.05) is 22.0 Å². The summed E-state index contributed by atoms with van der Waals surface area (Å²) in [5.74, 6) is -0.510. The molecule has 0 fully saturated rings. The summed E-state index contributed by atoms with van der Waals surface area (Å²) >= 11 is 3.24. The van der Waals surface area contributed by atoms with Gasteiger partial charge in [-0.15, -0.1) is 0 Å². The largest absolute Gasteiger partial charge is 0.367 e. The number of rotatable bonds is 4. The topological polar surface area (TPSA) is 3.24 Å². The van der Waals surface area contributed by atoms with Crippen LogP contribution in [0.4, 0.5) is 14.5 Å². The normalized spacial score (nSPS) is 10.5. The zero-order valence-electron chi connectivity index (χ0n) is 10.5. The first kappa shape index (κ1) is 14.0. The summed E-state index contributed by atoms with van der Waals surface area (Å²) < 4.78 is 27.4. The summed E-state index contributed by atoms with van der Waals surface area (Å²) in [7, 11) is 0. The van der Waals surface area contributed by atoms with E-state index in [1.807, 2.05) is 17.9 Å². The molecule has 0 saturated heterocycles. The van der Waals surface area contributed by atoms with Crippen LogP contribution < -0.4 is 4.90 Å². The maximum atomic E-state index is 13.8. The Balaban J connectivity index is 2.21. The molecule has 4 heteroatoms. The highest BCUT2D eigenvalue weighted by molar-refractivity contribution is 9.10. The molecule has 2 aromatic carbocycles. The van der Waals surface area contributed by atoms with E-state index in [1.54, 1.807) is 18.2 Å². The first-order valence-corrected chi connectivity index (χ1v) is 6.84. The molecule has 0 radical (unpaired) electrons. The van der Waals surface area contributed by atoms with Crippen LogP contribution in [0.25, 0.3) is 0 Å².